The van der Waals surface area contributed by atoms with E-state index in [1.165, 1.54) is 24.8 Å². The number of benzene rings is 1. The van der Waals surface area contributed by atoms with Crippen LogP contribution in [-0.4, -0.2) is 4.83 Å². The second-order valence-electron chi connectivity index (χ2n) is 4.99. The van der Waals surface area contributed by atoms with Crippen molar-refractivity contribution < 1.29 is 0 Å². The van der Waals surface area contributed by atoms with Crippen LogP contribution in [0.5, 0.6) is 0 Å². The summed E-state index contributed by atoms with van der Waals surface area (Å²) in [5.41, 5.74) is 1.30. The van der Waals surface area contributed by atoms with Crippen molar-refractivity contribution in [2.75, 3.05) is 0 Å². The molecule has 0 aromatic heterocycles. The van der Waals surface area contributed by atoms with Crippen LogP contribution >= 0.6 is 27.5 Å². The van der Waals surface area contributed by atoms with E-state index in [1.807, 2.05) is 12.1 Å². The van der Waals surface area contributed by atoms with E-state index in [1.54, 1.807) is 0 Å². The molecule has 0 N–H and O–H groups in total. The van der Waals surface area contributed by atoms with Crippen molar-refractivity contribution in [1.29, 1.82) is 0 Å². The maximum Gasteiger partial charge on any atom is 0.0438 e. The zero-order chi connectivity index (χ0) is 11.5. The van der Waals surface area contributed by atoms with Crippen LogP contribution in [0.3, 0.4) is 0 Å². The number of hydrogen-bond donors (Lipinski definition) is 0. The van der Waals surface area contributed by atoms with Gasteiger partial charge in [-0.25, -0.2) is 0 Å². The molecule has 1 aliphatic rings. The fraction of sp³-hybridized carbons (Fsp3) is 0.571. The van der Waals surface area contributed by atoms with Gasteiger partial charge in [0.05, 0.1) is 0 Å². The lowest BCUT2D eigenvalue weighted by Crippen LogP contribution is -2.25. The van der Waals surface area contributed by atoms with Gasteiger partial charge in [-0.2, -0.15) is 0 Å². The van der Waals surface area contributed by atoms with Gasteiger partial charge in [0, 0.05) is 9.85 Å². The average Bonchev–Trinajstić information content (AvgIpc) is 2.27. The maximum absolute atomic E-state index is 6.21. The summed E-state index contributed by atoms with van der Waals surface area (Å²) < 4.78 is 0. The van der Waals surface area contributed by atoms with E-state index < -0.39 is 0 Å². The topological polar surface area (TPSA) is 0 Å². The zero-order valence-corrected chi connectivity index (χ0v) is 12.0. The van der Waals surface area contributed by atoms with Crippen molar-refractivity contribution in [3.63, 3.8) is 0 Å². The van der Waals surface area contributed by atoms with Gasteiger partial charge < -0.3 is 0 Å². The van der Waals surface area contributed by atoms with E-state index >= 15 is 0 Å². The Hall–Kier alpha value is -0.0100. The molecule has 1 aromatic carbocycles. The van der Waals surface area contributed by atoms with Crippen LogP contribution in [0.25, 0.3) is 0 Å². The van der Waals surface area contributed by atoms with E-state index in [2.05, 4.69) is 35.0 Å². The van der Waals surface area contributed by atoms with E-state index in [9.17, 15) is 0 Å². The predicted octanol–water partition coefficient (Wildman–Crippen LogP) is 5.08. The Morgan fingerprint density at radius 3 is 2.81 bits per heavy atom. The second-order valence-corrected chi connectivity index (χ2v) is 6.57. The van der Waals surface area contributed by atoms with Gasteiger partial charge in [-0.3, -0.25) is 0 Å². The van der Waals surface area contributed by atoms with Crippen LogP contribution in [0.2, 0.25) is 5.02 Å². The Morgan fingerprint density at radius 1 is 1.31 bits per heavy atom. The van der Waals surface area contributed by atoms with Crippen LogP contribution < -0.4 is 0 Å². The molecule has 0 saturated heterocycles. The number of rotatable bonds is 2. The molecule has 0 spiro atoms. The summed E-state index contributed by atoms with van der Waals surface area (Å²) in [5.74, 6) is 1.60. The summed E-state index contributed by atoms with van der Waals surface area (Å²) in [6.45, 7) is 2.36. The first-order valence-corrected chi connectivity index (χ1v) is 7.33. The Morgan fingerprint density at radius 2 is 2.06 bits per heavy atom. The Kier molecular flexibility index (Phi) is 4.32. The van der Waals surface area contributed by atoms with Gasteiger partial charge in [0.2, 0.25) is 0 Å². The molecular formula is C14H18BrCl. The highest BCUT2D eigenvalue weighted by atomic mass is 79.9. The standard InChI is InChI=1S/C14H18BrCl/c1-10-6-7-13(15)12(8-10)9-11-4-2-3-5-14(11)16/h2-5,10,12-13H,6-9H2,1H3. The molecule has 88 valence electrons. The van der Waals surface area contributed by atoms with E-state index in [-0.39, 0.29) is 0 Å². The van der Waals surface area contributed by atoms with Crippen molar-refractivity contribution in [2.24, 2.45) is 11.8 Å². The zero-order valence-electron chi connectivity index (χ0n) is 9.63. The Balaban J connectivity index is 2.06. The van der Waals surface area contributed by atoms with Gasteiger partial charge in [0.15, 0.2) is 0 Å². The molecule has 0 bridgehead atoms. The lowest BCUT2D eigenvalue weighted by Gasteiger charge is -2.31. The van der Waals surface area contributed by atoms with Crippen molar-refractivity contribution in [2.45, 2.75) is 37.4 Å². The first-order valence-electron chi connectivity index (χ1n) is 6.04. The molecule has 0 aliphatic heterocycles. The normalized spacial score (nSPS) is 30.3. The largest absolute Gasteiger partial charge is 0.0888 e. The lowest BCUT2D eigenvalue weighted by atomic mass is 9.79. The van der Waals surface area contributed by atoms with Gasteiger partial charge in [0.25, 0.3) is 0 Å². The Bertz CT molecular complexity index is 350. The summed E-state index contributed by atoms with van der Waals surface area (Å²) in [6, 6.07) is 8.23. The van der Waals surface area contributed by atoms with Crippen LogP contribution in [0.15, 0.2) is 24.3 Å². The summed E-state index contributed by atoms with van der Waals surface area (Å²) >= 11 is 10.0. The molecule has 2 rings (SSSR count). The maximum atomic E-state index is 6.21. The minimum Gasteiger partial charge on any atom is -0.0888 e. The minimum absolute atomic E-state index is 0.667. The van der Waals surface area contributed by atoms with Crippen LogP contribution in [0, 0.1) is 11.8 Å². The molecule has 1 saturated carbocycles. The molecule has 0 nitrogen and oxygen atoms in total. The molecule has 2 heteroatoms. The second kappa shape index (κ2) is 5.55. The monoisotopic (exact) mass is 300 g/mol. The third-order valence-electron chi connectivity index (χ3n) is 3.59. The molecule has 16 heavy (non-hydrogen) atoms. The van der Waals surface area contributed by atoms with Crippen LogP contribution in [-0.2, 0) is 6.42 Å². The number of hydrogen-bond acceptors (Lipinski definition) is 0. The first-order chi connectivity index (χ1) is 7.66. The van der Waals surface area contributed by atoms with Gasteiger partial charge in [-0.05, 0) is 49.1 Å². The fourth-order valence-electron chi connectivity index (χ4n) is 2.62. The summed E-state index contributed by atoms with van der Waals surface area (Å²) in [4.78, 5) is 0.667. The SMILES string of the molecule is CC1CCC(Br)C(Cc2ccccc2Cl)C1. The van der Waals surface area contributed by atoms with Gasteiger partial charge >= 0.3 is 0 Å². The van der Waals surface area contributed by atoms with Gasteiger partial charge in [0.1, 0.15) is 0 Å². The highest BCUT2D eigenvalue weighted by Gasteiger charge is 2.27. The van der Waals surface area contributed by atoms with E-state index in [0.717, 1.165) is 23.3 Å². The van der Waals surface area contributed by atoms with Crippen LogP contribution in [0.4, 0.5) is 0 Å². The quantitative estimate of drug-likeness (QED) is 0.668. The summed E-state index contributed by atoms with van der Waals surface area (Å²) in [7, 11) is 0. The highest BCUT2D eigenvalue weighted by molar-refractivity contribution is 9.09. The third kappa shape index (κ3) is 3.01. The summed E-state index contributed by atoms with van der Waals surface area (Å²) in [5, 5.41) is 0.917. The van der Waals surface area contributed by atoms with Crippen molar-refractivity contribution in [1.82, 2.24) is 0 Å². The van der Waals surface area contributed by atoms with Gasteiger partial charge in [-0.1, -0.05) is 52.7 Å². The molecule has 3 unspecified atom stereocenters. The summed E-state index contributed by atoms with van der Waals surface area (Å²) in [6.07, 6.45) is 5.09. The van der Waals surface area contributed by atoms with Crippen molar-refractivity contribution in [3.05, 3.63) is 34.9 Å². The molecule has 1 aromatic rings. The molecule has 0 amide bonds. The van der Waals surface area contributed by atoms with Crippen molar-refractivity contribution in [3.8, 4) is 0 Å². The van der Waals surface area contributed by atoms with E-state index in [0.29, 0.717) is 4.83 Å². The molecule has 0 radical (unpaired) electrons. The van der Waals surface area contributed by atoms with Gasteiger partial charge in [-0.15, -0.1) is 0 Å². The third-order valence-corrected chi connectivity index (χ3v) is 5.17. The van der Waals surface area contributed by atoms with Crippen LogP contribution in [0.1, 0.15) is 31.7 Å². The highest BCUT2D eigenvalue weighted by Crippen LogP contribution is 2.36. The molecule has 1 fully saturated rings. The minimum atomic E-state index is 0.667. The average molecular weight is 302 g/mol. The first kappa shape index (κ1) is 12.4. The number of alkyl halides is 1. The molecule has 3 atom stereocenters. The fourth-order valence-corrected chi connectivity index (χ4v) is 3.50. The smallest absolute Gasteiger partial charge is 0.0438 e. The predicted molar refractivity (Wildman–Crippen MR) is 74.4 cm³/mol. The molecule has 0 heterocycles. The Labute approximate surface area is 112 Å². The molecule has 1 aliphatic carbocycles. The van der Waals surface area contributed by atoms with Crippen molar-refractivity contribution >= 4 is 27.5 Å². The van der Waals surface area contributed by atoms with E-state index in [4.69, 9.17) is 11.6 Å². The number of halogens is 2. The lowest BCUT2D eigenvalue weighted by molar-refractivity contribution is 0.294. The molecular weight excluding hydrogens is 284 g/mol.